The summed E-state index contributed by atoms with van der Waals surface area (Å²) in [6.45, 7) is 8.53. The molecule has 0 amide bonds. The highest BCUT2D eigenvalue weighted by Crippen LogP contribution is 2.23. The summed E-state index contributed by atoms with van der Waals surface area (Å²) in [5, 5.41) is 3.49. The molecule has 0 aromatic rings. The quantitative estimate of drug-likeness (QED) is 0.504. The van der Waals surface area contributed by atoms with E-state index in [1.165, 1.54) is 12.0 Å². The Balaban J connectivity index is 2.58. The summed E-state index contributed by atoms with van der Waals surface area (Å²) in [6, 6.07) is 0.743. The second-order valence-corrected chi connectivity index (χ2v) is 4.04. The van der Waals surface area contributed by atoms with Crippen LogP contribution in [-0.2, 0) is 0 Å². The molecule has 1 rings (SSSR count). The minimum Gasteiger partial charge on any atom is -0.300 e. The van der Waals surface area contributed by atoms with E-state index in [0.717, 1.165) is 12.8 Å². The van der Waals surface area contributed by atoms with Crippen molar-refractivity contribution < 1.29 is 0 Å². The third kappa shape index (κ3) is 2.60. The highest BCUT2D eigenvalue weighted by molar-refractivity contribution is 5.14. The average Bonchev–Trinajstić information content (AvgIpc) is 2.15. The monoisotopic (exact) mass is 177 g/mol. The van der Waals surface area contributed by atoms with Crippen LogP contribution in [0.5, 0.6) is 0 Å². The fraction of sp³-hybridized carbons (Fsp3) is 0.667. The molecule has 1 fully saturated rings. The minimum absolute atomic E-state index is 0.209. The summed E-state index contributed by atoms with van der Waals surface area (Å²) in [6.07, 6.45) is 8.65. The Morgan fingerprint density at radius 3 is 2.92 bits per heavy atom. The highest BCUT2D eigenvalue weighted by atomic mass is 15.0. The van der Waals surface area contributed by atoms with E-state index in [2.05, 4.69) is 31.7 Å². The van der Waals surface area contributed by atoms with Crippen LogP contribution in [0.4, 0.5) is 0 Å². The Labute approximate surface area is 81.6 Å². The lowest BCUT2D eigenvalue weighted by Crippen LogP contribution is -2.45. The molecular formula is C12H19N. The number of hydrogen-bond donors (Lipinski definition) is 1. The smallest absolute Gasteiger partial charge is 0.0726 e. The zero-order valence-corrected chi connectivity index (χ0v) is 8.64. The van der Waals surface area contributed by atoms with Crippen LogP contribution in [0.3, 0.4) is 0 Å². The predicted octanol–water partition coefficient (Wildman–Crippen LogP) is 2.34. The van der Waals surface area contributed by atoms with E-state index < -0.39 is 0 Å². The number of hydrogen-bond acceptors (Lipinski definition) is 1. The van der Waals surface area contributed by atoms with Crippen LogP contribution in [0.15, 0.2) is 12.2 Å². The van der Waals surface area contributed by atoms with Gasteiger partial charge in [0.2, 0.25) is 0 Å². The maximum absolute atomic E-state index is 5.42. The summed E-state index contributed by atoms with van der Waals surface area (Å²) in [7, 11) is 0. The zero-order valence-electron chi connectivity index (χ0n) is 8.64. The van der Waals surface area contributed by atoms with Crippen molar-refractivity contribution in [1.82, 2.24) is 5.32 Å². The van der Waals surface area contributed by atoms with Gasteiger partial charge in [0.1, 0.15) is 0 Å². The molecule has 0 radical (unpaired) electrons. The Morgan fingerprint density at radius 1 is 1.69 bits per heavy atom. The summed E-state index contributed by atoms with van der Waals surface area (Å²) in [5.74, 6) is 3.46. The largest absolute Gasteiger partial charge is 0.300 e. The first-order valence-electron chi connectivity index (χ1n) is 5.06. The van der Waals surface area contributed by atoms with E-state index in [4.69, 9.17) is 6.42 Å². The van der Waals surface area contributed by atoms with Gasteiger partial charge in [0.15, 0.2) is 0 Å². The molecule has 0 aliphatic carbocycles. The zero-order chi connectivity index (χ0) is 9.84. The fourth-order valence-corrected chi connectivity index (χ4v) is 1.82. The summed E-state index contributed by atoms with van der Waals surface area (Å²) in [5.41, 5.74) is 1.30. The molecule has 13 heavy (non-hydrogen) atoms. The van der Waals surface area contributed by atoms with Gasteiger partial charge in [-0.3, -0.25) is 0 Å². The summed E-state index contributed by atoms with van der Waals surface area (Å²) >= 11 is 0. The molecule has 1 aliphatic rings. The van der Waals surface area contributed by atoms with Gasteiger partial charge in [0.05, 0.1) is 6.04 Å². The Bertz CT molecular complexity index is 224. The number of piperidine rings is 1. The lowest BCUT2D eigenvalue weighted by Gasteiger charge is -2.33. The van der Waals surface area contributed by atoms with Gasteiger partial charge >= 0.3 is 0 Å². The molecule has 1 saturated heterocycles. The molecular weight excluding hydrogens is 158 g/mol. The lowest BCUT2D eigenvalue weighted by atomic mass is 9.87. The molecule has 1 nitrogen and oxygen atoms in total. The van der Waals surface area contributed by atoms with Crippen LogP contribution >= 0.6 is 0 Å². The summed E-state index contributed by atoms with van der Waals surface area (Å²) < 4.78 is 0. The molecule has 3 unspecified atom stereocenters. The van der Waals surface area contributed by atoms with E-state index in [1.54, 1.807) is 0 Å². The molecule has 0 aromatic carbocycles. The molecule has 1 N–H and O–H groups in total. The van der Waals surface area contributed by atoms with Crippen molar-refractivity contribution in [3.05, 3.63) is 12.2 Å². The van der Waals surface area contributed by atoms with Crippen molar-refractivity contribution >= 4 is 0 Å². The van der Waals surface area contributed by atoms with Crippen LogP contribution < -0.4 is 5.32 Å². The molecule has 1 heterocycles. The molecule has 0 spiro atoms. The van der Waals surface area contributed by atoms with Crippen molar-refractivity contribution in [1.29, 1.82) is 0 Å². The van der Waals surface area contributed by atoms with Crippen molar-refractivity contribution in [2.24, 2.45) is 5.92 Å². The van der Waals surface area contributed by atoms with Crippen molar-refractivity contribution in [3.8, 4) is 12.3 Å². The van der Waals surface area contributed by atoms with E-state index in [1.807, 2.05) is 0 Å². The van der Waals surface area contributed by atoms with E-state index in [0.29, 0.717) is 12.0 Å². The van der Waals surface area contributed by atoms with Gasteiger partial charge in [-0.05, 0) is 18.8 Å². The van der Waals surface area contributed by atoms with Crippen molar-refractivity contribution in [3.63, 3.8) is 0 Å². The molecule has 0 saturated carbocycles. The molecule has 1 heteroatoms. The van der Waals surface area contributed by atoms with Crippen LogP contribution in [-0.4, -0.2) is 12.1 Å². The standard InChI is InChI=1S/C12H19N/c1-5-10(4)12-8-9(3)7-11(6-2)13-12/h2,10-13H,3,5,7-8H2,1,4H3. The van der Waals surface area contributed by atoms with E-state index in [-0.39, 0.29) is 6.04 Å². The Kier molecular flexibility index (Phi) is 3.57. The molecule has 0 aromatic heterocycles. The van der Waals surface area contributed by atoms with Crippen molar-refractivity contribution in [2.75, 3.05) is 0 Å². The SMILES string of the molecule is C#CC1CC(=C)CC(C(C)CC)N1. The third-order valence-electron chi connectivity index (χ3n) is 2.95. The first-order valence-corrected chi connectivity index (χ1v) is 5.06. The second kappa shape index (κ2) is 4.48. The second-order valence-electron chi connectivity index (χ2n) is 4.04. The van der Waals surface area contributed by atoms with Crippen LogP contribution in [0.25, 0.3) is 0 Å². The predicted molar refractivity (Wildman–Crippen MR) is 57.4 cm³/mol. The topological polar surface area (TPSA) is 12.0 Å². The Morgan fingerprint density at radius 2 is 2.38 bits per heavy atom. The van der Waals surface area contributed by atoms with Gasteiger partial charge in [-0.2, -0.15) is 0 Å². The lowest BCUT2D eigenvalue weighted by molar-refractivity contribution is 0.318. The molecule has 3 atom stereocenters. The van der Waals surface area contributed by atoms with Crippen LogP contribution in [0.1, 0.15) is 33.1 Å². The average molecular weight is 177 g/mol. The van der Waals surface area contributed by atoms with Gasteiger partial charge in [0, 0.05) is 6.04 Å². The maximum atomic E-state index is 5.42. The van der Waals surface area contributed by atoms with Crippen molar-refractivity contribution in [2.45, 2.75) is 45.2 Å². The number of nitrogens with one attached hydrogen (secondary N) is 1. The molecule has 1 aliphatic heterocycles. The minimum atomic E-state index is 0.209. The first-order chi connectivity index (χ1) is 6.17. The van der Waals surface area contributed by atoms with E-state index >= 15 is 0 Å². The Hall–Kier alpha value is -0.740. The van der Waals surface area contributed by atoms with Gasteiger partial charge < -0.3 is 5.32 Å². The fourth-order valence-electron chi connectivity index (χ4n) is 1.82. The number of rotatable bonds is 2. The first kappa shape index (κ1) is 10.3. The van der Waals surface area contributed by atoms with Gasteiger partial charge in [-0.25, -0.2) is 0 Å². The summed E-state index contributed by atoms with van der Waals surface area (Å²) in [4.78, 5) is 0. The third-order valence-corrected chi connectivity index (χ3v) is 2.95. The van der Waals surface area contributed by atoms with Gasteiger partial charge in [-0.1, -0.05) is 38.3 Å². The highest BCUT2D eigenvalue weighted by Gasteiger charge is 2.24. The number of terminal acetylenes is 1. The molecule has 72 valence electrons. The van der Waals surface area contributed by atoms with E-state index in [9.17, 15) is 0 Å². The van der Waals surface area contributed by atoms with Crippen LogP contribution in [0, 0.1) is 18.3 Å². The van der Waals surface area contributed by atoms with Gasteiger partial charge in [-0.15, -0.1) is 6.42 Å². The molecule has 0 bridgehead atoms. The maximum Gasteiger partial charge on any atom is 0.0726 e. The normalized spacial score (nSPS) is 31.0. The van der Waals surface area contributed by atoms with Crippen LogP contribution in [0.2, 0.25) is 0 Å². The van der Waals surface area contributed by atoms with Gasteiger partial charge in [0.25, 0.3) is 0 Å².